The Balaban J connectivity index is 1.92. The highest BCUT2D eigenvalue weighted by molar-refractivity contribution is 6.17. The third-order valence-electron chi connectivity index (χ3n) is 4.83. The first-order valence-corrected chi connectivity index (χ1v) is 8.13. The molecule has 3 atom stereocenters. The topological polar surface area (TPSA) is 20.3 Å². The Morgan fingerprint density at radius 2 is 2.00 bits per heavy atom. The molecule has 1 aliphatic carbocycles. The van der Waals surface area contributed by atoms with Crippen LogP contribution in [0.4, 0.5) is 0 Å². The summed E-state index contributed by atoms with van der Waals surface area (Å²) in [4.78, 5) is 14.5. The summed E-state index contributed by atoms with van der Waals surface area (Å²) in [5.74, 6) is 2.63. The third-order valence-corrected chi connectivity index (χ3v) is 5.10. The van der Waals surface area contributed by atoms with Crippen molar-refractivity contribution in [2.75, 3.05) is 12.4 Å². The maximum Gasteiger partial charge on any atom is 0.222 e. The van der Waals surface area contributed by atoms with E-state index in [1.165, 1.54) is 32.1 Å². The summed E-state index contributed by atoms with van der Waals surface area (Å²) < 4.78 is 0. The number of hydrogen-bond acceptors (Lipinski definition) is 1. The molecule has 104 valence electrons. The van der Waals surface area contributed by atoms with Gasteiger partial charge in [0.1, 0.15) is 0 Å². The number of amides is 1. The van der Waals surface area contributed by atoms with Crippen molar-refractivity contribution in [1.82, 2.24) is 4.90 Å². The molecule has 3 unspecified atom stereocenters. The fourth-order valence-electron chi connectivity index (χ4n) is 3.74. The maximum atomic E-state index is 12.3. The lowest BCUT2D eigenvalue weighted by atomic mass is 9.72. The van der Waals surface area contributed by atoms with Gasteiger partial charge in [-0.1, -0.05) is 19.8 Å². The summed E-state index contributed by atoms with van der Waals surface area (Å²) in [7, 11) is 0. The summed E-state index contributed by atoms with van der Waals surface area (Å²) >= 11 is 5.68. The maximum absolute atomic E-state index is 12.3. The van der Waals surface area contributed by atoms with Crippen molar-refractivity contribution in [1.29, 1.82) is 0 Å². The van der Waals surface area contributed by atoms with Crippen LogP contribution < -0.4 is 0 Å². The second-order valence-corrected chi connectivity index (χ2v) is 6.39. The number of carbonyl (C=O) groups is 1. The number of carbonyl (C=O) groups excluding carboxylic acids is 1. The summed E-state index contributed by atoms with van der Waals surface area (Å²) in [6.45, 7) is 3.36. The number of nitrogens with zero attached hydrogens (tertiary/aromatic N) is 1. The Labute approximate surface area is 116 Å². The lowest BCUT2D eigenvalue weighted by molar-refractivity contribution is -0.139. The molecule has 2 nitrogen and oxygen atoms in total. The number of halogens is 1. The van der Waals surface area contributed by atoms with Crippen LogP contribution in [0.1, 0.15) is 58.3 Å². The van der Waals surface area contributed by atoms with Crippen molar-refractivity contribution in [2.24, 2.45) is 11.8 Å². The van der Waals surface area contributed by atoms with Gasteiger partial charge >= 0.3 is 0 Å². The van der Waals surface area contributed by atoms with Gasteiger partial charge in [-0.05, 0) is 43.9 Å². The van der Waals surface area contributed by atoms with Crippen LogP contribution >= 0.6 is 11.6 Å². The molecule has 0 N–H and O–H groups in total. The Morgan fingerprint density at radius 1 is 1.22 bits per heavy atom. The highest BCUT2D eigenvalue weighted by atomic mass is 35.5. The third kappa shape index (κ3) is 3.20. The highest BCUT2D eigenvalue weighted by Crippen LogP contribution is 2.39. The minimum atomic E-state index is 0.379. The number of hydrogen-bond donors (Lipinski definition) is 0. The van der Waals surface area contributed by atoms with Gasteiger partial charge in [-0.2, -0.15) is 0 Å². The Hall–Kier alpha value is -0.240. The summed E-state index contributed by atoms with van der Waals surface area (Å²) in [6, 6.07) is 0.547. The molecule has 1 heterocycles. The van der Waals surface area contributed by atoms with Crippen molar-refractivity contribution in [3.8, 4) is 0 Å². The van der Waals surface area contributed by atoms with Crippen molar-refractivity contribution >= 4 is 17.5 Å². The van der Waals surface area contributed by atoms with Crippen LogP contribution in [0, 0.1) is 11.8 Å². The Kier molecular flexibility index (Phi) is 5.35. The van der Waals surface area contributed by atoms with Crippen molar-refractivity contribution < 1.29 is 4.79 Å². The lowest BCUT2D eigenvalue weighted by Gasteiger charge is -2.47. The van der Waals surface area contributed by atoms with Gasteiger partial charge in [0.15, 0.2) is 0 Å². The Bertz CT molecular complexity index is 282. The van der Waals surface area contributed by atoms with E-state index in [-0.39, 0.29) is 0 Å². The van der Waals surface area contributed by atoms with Crippen LogP contribution in [0.5, 0.6) is 0 Å². The van der Waals surface area contributed by atoms with Crippen LogP contribution in [0.25, 0.3) is 0 Å². The van der Waals surface area contributed by atoms with Crippen molar-refractivity contribution in [3.63, 3.8) is 0 Å². The number of rotatable bonds is 4. The van der Waals surface area contributed by atoms with Crippen LogP contribution in [0.3, 0.4) is 0 Å². The zero-order chi connectivity index (χ0) is 13.0. The second-order valence-electron chi connectivity index (χ2n) is 6.01. The standard InChI is InChI=1S/C15H26ClNO/c1-12-9-11-17(15(18)8-4-5-10-16)14-7-3-2-6-13(12)14/h12-14H,2-11H2,1H3. The van der Waals surface area contributed by atoms with Crippen LogP contribution in [-0.4, -0.2) is 29.3 Å². The molecular formula is C15H26ClNO. The molecule has 1 saturated carbocycles. The molecule has 2 rings (SSSR count). The molecule has 0 aromatic rings. The van der Waals surface area contributed by atoms with E-state index in [0.717, 1.165) is 31.2 Å². The monoisotopic (exact) mass is 271 g/mol. The molecule has 1 aliphatic heterocycles. The second kappa shape index (κ2) is 6.79. The molecule has 0 aromatic carbocycles. The minimum absolute atomic E-state index is 0.379. The largest absolute Gasteiger partial charge is 0.339 e. The molecular weight excluding hydrogens is 246 g/mol. The number of alkyl halides is 1. The van der Waals surface area contributed by atoms with E-state index in [2.05, 4.69) is 11.8 Å². The number of piperidine rings is 1. The molecule has 1 saturated heterocycles. The van der Waals surface area contributed by atoms with Crippen LogP contribution in [0.2, 0.25) is 0 Å². The minimum Gasteiger partial charge on any atom is -0.339 e. The quantitative estimate of drug-likeness (QED) is 0.562. The van der Waals surface area contributed by atoms with Gasteiger partial charge in [0.05, 0.1) is 0 Å². The predicted octanol–water partition coefficient (Wildman–Crippen LogP) is 3.82. The average molecular weight is 272 g/mol. The van der Waals surface area contributed by atoms with Gasteiger partial charge in [0, 0.05) is 24.9 Å². The fourth-order valence-corrected chi connectivity index (χ4v) is 3.93. The average Bonchev–Trinajstić information content (AvgIpc) is 2.39. The van der Waals surface area contributed by atoms with Gasteiger partial charge in [0.2, 0.25) is 5.91 Å². The zero-order valence-electron chi connectivity index (χ0n) is 11.5. The van der Waals surface area contributed by atoms with Crippen LogP contribution in [-0.2, 0) is 4.79 Å². The van der Waals surface area contributed by atoms with Crippen LogP contribution in [0.15, 0.2) is 0 Å². The van der Waals surface area contributed by atoms with E-state index in [9.17, 15) is 4.79 Å². The molecule has 3 heteroatoms. The normalized spacial score (nSPS) is 32.1. The number of unbranched alkanes of at least 4 members (excludes halogenated alkanes) is 1. The van der Waals surface area contributed by atoms with Gasteiger partial charge in [-0.15, -0.1) is 11.6 Å². The van der Waals surface area contributed by atoms with Crippen molar-refractivity contribution in [2.45, 2.75) is 64.3 Å². The predicted molar refractivity (Wildman–Crippen MR) is 75.8 cm³/mol. The first-order valence-electron chi connectivity index (χ1n) is 7.59. The highest BCUT2D eigenvalue weighted by Gasteiger charge is 2.38. The zero-order valence-corrected chi connectivity index (χ0v) is 12.3. The van der Waals surface area contributed by atoms with E-state index in [1.807, 2.05) is 0 Å². The fraction of sp³-hybridized carbons (Fsp3) is 0.933. The first-order chi connectivity index (χ1) is 8.74. The summed E-state index contributed by atoms with van der Waals surface area (Å²) in [5.41, 5.74) is 0. The summed E-state index contributed by atoms with van der Waals surface area (Å²) in [6.07, 6.45) is 9.04. The van der Waals surface area contributed by atoms with Crippen molar-refractivity contribution in [3.05, 3.63) is 0 Å². The molecule has 0 spiro atoms. The summed E-state index contributed by atoms with van der Waals surface area (Å²) in [5, 5.41) is 0. The van der Waals surface area contributed by atoms with E-state index < -0.39 is 0 Å². The molecule has 0 radical (unpaired) electrons. The van der Waals surface area contributed by atoms with E-state index >= 15 is 0 Å². The molecule has 2 fully saturated rings. The van der Waals surface area contributed by atoms with Gasteiger partial charge in [-0.25, -0.2) is 0 Å². The lowest BCUT2D eigenvalue weighted by Crippen LogP contribution is -2.52. The number of likely N-dealkylation sites (tertiary alicyclic amines) is 1. The van der Waals surface area contributed by atoms with E-state index in [4.69, 9.17) is 11.6 Å². The molecule has 18 heavy (non-hydrogen) atoms. The van der Waals surface area contributed by atoms with Gasteiger partial charge in [0.25, 0.3) is 0 Å². The SMILES string of the molecule is CC1CCN(C(=O)CCCCCl)C2CCCCC12. The number of fused-ring (bicyclic) bond motifs is 1. The van der Waals surface area contributed by atoms with Gasteiger partial charge in [-0.3, -0.25) is 4.79 Å². The molecule has 1 amide bonds. The Morgan fingerprint density at radius 3 is 2.78 bits per heavy atom. The molecule has 0 aromatic heterocycles. The van der Waals surface area contributed by atoms with E-state index in [1.54, 1.807) is 0 Å². The smallest absolute Gasteiger partial charge is 0.222 e. The first kappa shape index (κ1) is 14.2. The molecule has 2 aliphatic rings. The molecule has 0 bridgehead atoms. The van der Waals surface area contributed by atoms with Gasteiger partial charge < -0.3 is 4.90 Å². The van der Waals surface area contributed by atoms with E-state index in [0.29, 0.717) is 24.2 Å².